The van der Waals surface area contributed by atoms with Gasteiger partial charge in [0, 0.05) is 17.2 Å². The van der Waals surface area contributed by atoms with Crippen LogP contribution in [0.25, 0.3) is 6.08 Å². The summed E-state index contributed by atoms with van der Waals surface area (Å²) in [6.07, 6.45) is 2.68. The van der Waals surface area contributed by atoms with Gasteiger partial charge in [-0.1, -0.05) is 39.0 Å². The first-order chi connectivity index (χ1) is 11.7. The van der Waals surface area contributed by atoms with Gasteiger partial charge < -0.3 is 9.73 Å². The van der Waals surface area contributed by atoms with Gasteiger partial charge in [0.15, 0.2) is 0 Å². The molecule has 6 nitrogen and oxygen atoms in total. The SMILES string of the molecule is Cc1oc(C(C)(C)C)cc1C(=O)Nc1ccccc1/C=C/C(=O)NO. The van der Waals surface area contributed by atoms with Gasteiger partial charge in [-0.25, -0.2) is 5.48 Å². The van der Waals surface area contributed by atoms with Crippen LogP contribution in [0, 0.1) is 6.92 Å². The molecule has 2 aromatic rings. The van der Waals surface area contributed by atoms with E-state index in [0.29, 0.717) is 22.6 Å². The topological polar surface area (TPSA) is 91.6 Å². The zero-order chi connectivity index (χ0) is 18.6. The lowest BCUT2D eigenvalue weighted by atomic mass is 9.93. The van der Waals surface area contributed by atoms with Crippen LogP contribution in [0.3, 0.4) is 0 Å². The molecule has 1 aromatic heterocycles. The maximum absolute atomic E-state index is 12.6. The number of amides is 2. The fourth-order valence-electron chi connectivity index (χ4n) is 2.23. The molecule has 0 aliphatic heterocycles. The summed E-state index contributed by atoms with van der Waals surface area (Å²) >= 11 is 0. The minimum absolute atomic E-state index is 0.193. The molecule has 6 heteroatoms. The van der Waals surface area contributed by atoms with Crippen molar-refractivity contribution in [1.29, 1.82) is 0 Å². The molecule has 0 atom stereocenters. The van der Waals surface area contributed by atoms with Crippen molar-refractivity contribution >= 4 is 23.6 Å². The summed E-state index contributed by atoms with van der Waals surface area (Å²) in [7, 11) is 0. The molecule has 0 aliphatic carbocycles. The molecule has 2 rings (SSSR count). The zero-order valence-electron chi connectivity index (χ0n) is 14.7. The van der Waals surface area contributed by atoms with Gasteiger partial charge in [-0.3, -0.25) is 14.8 Å². The van der Waals surface area contributed by atoms with E-state index in [2.05, 4.69) is 5.32 Å². The minimum atomic E-state index is -0.651. The predicted molar refractivity (Wildman–Crippen MR) is 95.5 cm³/mol. The number of hydroxylamine groups is 1. The highest BCUT2D eigenvalue weighted by molar-refractivity contribution is 6.06. The fourth-order valence-corrected chi connectivity index (χ4v) is 2.23. The van der Waals surface area contributed by atoms with Crippen LogP contribution in [-0.4, -0.2) is 17.0 Å². The molecule has 132 valence electrons. The van der Waals surface area contributed by atoms with Crippen molar-refractivity contribution in [1.82, 2.24) is 5.48 Å². The van der Waals surface area contributed by atoms with Gasteiger partial charge in [-0.2, -0.15) is 0 Å². The minimum Gasteiger partial charge on any atom is -0.465 e. The average molecular weight is 342 g/mol. The molecule has 0 saturated heterocycles. The van der Waals surface area contributed by atoms with Gasteiger partial charge >= 0.3 is 0 Å². The Kier molecular flexibility index (Phi) is 5.44. The number of carbonyl (C=O) groups excluding carboxylic acids is 2. The molecule has 0 bridgehead atoms. The Labute approximate surface area is 146 Å². The molecule has 0 unspecified atom stereocenters. The van der Waals surface area contributed by atoms with Gasteiger partial charge in [0.05, 0.1) is 5.56 Å². The van der Waals surface area contributed by atoms with Crippen LogP contribution in [-0.2, 0) is 10.2 Å². The highest BCUT2D eigenvalue weighted by atomic mass is 16.5. The molecular weight excluding hydrogens is 320 g/mol. The largest absolute Gasteiger partial charge is 0.465 e. The van der Waals surface area contributed by atoms with Gasteiger partial charge in [-0.05, 0) is 30.7 Å². The number of benzene rings is 1. The number of aryl methyl sites for hydroxylation is 1. The van der Waals surface area contributed by atoms with Gasteiger partial charge in [0.1, 0.15) is 11.5 Å². The molecule has 0 spiro atoms. The molecule has 3 N–H and O–H groups in total. The lowest BCUT2D eigenvalue weighted by Gasteiger charge is -2.13. The third kappa shape index (κ3) is 4.58. The summed E-state index contributed by atoms with van der Waals surface area (Å²) in [6.45, 7) is 7.79. The van der Waals surface area contributed by atoms with Crippen LogP contribution in [0.2, 0.25) is 0 Å². The molecule has 1 aromatic carbocycles. The number of nitrogens with one attached hydrogen (secondary N) is 2. The first kappa shape index (κ1) is 18.5. The van der Waals surface area contributed by atoms with Gasteiger partial charge in [0.2, 0.25) is 0 Å². The maximum atomic E-state index is 12.6. The quantitative estimate of drug-likeness (QED) is 0.449. The molecule has 0 saturated carbocycles. The number of rotatable bonds is 4. The number of para-hydroxylation sites is 1. The van der Waals surface area contributed by atoms with E-state index in [4.69, 9.17) is 9.62 Å². The van der Waals surface area contributed by atoms with Gasteiger partial charge in [0.25, 0.3) is 11.8 Å². The molecule has 1 heterocycles. The second kappa shape index (κ2) is 7.36. The van der Waals surface area contributed by atoms with Crippen molar-refractivity contribution in [3.8, 4) is 0 Å². The van der Waals surface area contributed by atoms with Crippen molar-refractivity contribution in [3.63, 3.8) is 0 Å². The van der Waals surface area contributed by atoms with Crippen molar-refractivity contribution in [2.45, 2.75) is 33.1 Å². The van der Waals surface area contributed by atoms with E-state index < -0.39 is 5.91 Å². The molecule has 2 amide bonds. The first-order valence-corrected chi connectivity index (χ1v) is 7.86. The number of hydrogen-bond acceptors (Lipinski definition) is 4. The zero-order valence-corrected chi connectivity index (χ0v) is 14.7. The van der Waals surface area contributed by atoms with E-state index in [-0.39, 0.29) is 11.3 Å². The van der Waals surface area contributed by atoms with E-state index >= 15 is 0 Å². The predicted octanol–water partition coefficient (Wildman–Crippen LogP) is 3.66. The maximum Gasteiger partial charge on any atom is 0.267 e. The lowest BCUT2D eigenvalue weighted by molar-refractivity contribution is -0.124. The van der Waals surface area contributed by atoms with Crippen LogP contribution in [0.15, 0.2) is 40.8 Å². The van der Waals surface area contributed by atoms with E-state index in [9.17, 15) is 9.59 Å². The van der Waals surface area contributed by atoms with Crippen LogP contribution >= 0.6 is 0 Å². The van der Waals surface area contributed by atoms with E-state index in [1.807, 2.05) is 20.8 Å². The Morgan fingerprint density at radius 1 is 1.20 bits per heavy atom. The Balaban J connectivity index is 2.26. The highest BCUT2D eigenvalue weighted by Gasteiger charge is 2.23. The Bertz CT molecular complexity index is 813. The highest BCUT2D eigenvalue weighted by Crippen LogP contribution is 2.28. The van der Waals surface area contributed by atoms with Gasteiger partial charge in [-0.15, -0.1) is 0 Å². The first-order valence-electron chi connectivity index (χ1n) is 7.86. The summed E-state index contributed by atoms with van der Waals surface area (Å²) in [5.74, 6) is 0.351. The summed E-state index contributed by atoms with van der Waals surface area (Å²) in [6, 6.07) is 8.80. The average Bonchev–Trinajstić information content (AvgIpc) is 2.96. The van der Waals surface area contributed by atoms with E-state index in [1.54, 1.807) is 37.3 Å². The van der Waals surface area contributed by atoms with Crippen LogP contribution in [0.4, 0.5) is 5.69 Å². The molecule has 0 radical (unpaired) electrons. The normalized spacial score (nSPS) is 11.6. The Morgan fingerprint density at radius 2 is 1.88 bits per heavy atom. The third-order valence-corrected chi connectivity index (χ3v) is 3.64. The van der Waals surface area contributed by atoms with E-state index in [0.717, 1.165) is 5.76 Å². The van der Waals surface area contributed by atoms with Crippen molar-refractivity contribution in [3.05, 3.63) is 59.1 Å². The Morgan fingerprint density at radius 3 is 2.48 bits per heavy atom. The summed E-state index contributed by atoms with van der Waals surface area (Å²) in [5, 5.41) is 11.4. The molecular formula is C19H22N2O4. The Hall–Kier alpha value is -2.86. The second-order valence-corrected chi connectivity index (χ2v) is 6.68. The van der Waals surface area contributed by atoms with Crippen molar-refractivity contribution in [2.24, 2.45) is 0 Å². The fraction of sp³-hybridized carbons (Fsp3) is 0.263. The van der Waals surface area contributed by atoms with E-state index in [1.165, 1.54) is 17.6 Å². The number of carbonyl (C=O) groups is 2. The molecule has 0 fully saturated rings. The lowest BCUT2D eigenvalue weighted by Crippen LogP contribution is -2.15. The molecule has 0 aliphatic rings. The summed E-state index contributed by atoms with van der Waals surface area (Å²) in [5.41, 5.74) is 2.98. The molecule has 25 heavy (non-hydrogen) atoms. The van der Waals surface area contributed by atoms with Crippen LogP contribution in [0.1, 0.15) is 48.2 Å². The monoisotopic (exact) mass is 342 g/mol. The van der Waals surface area contributed by atoms with Crippen molar-refractivity contribution in [2.75, 3.05) is 5.32 Å². The van der Waals surface area contributed by atoms with Crippen LogP contribution < -0.4 is 10.8 Å². The van der Waals surface area contributed by atoms with Crippen LogP contribution in [0.5, 0.6) is 0 Å². The smallest absolute Gasteiger partial charge is 0.267 e. The number of furan rings is 1. The number of anilines is 1. The number of hydrogen-bond donors (Lipinski definition) is 3. The second-order valence-electron chi connectivity index (χ2n) is 6.68. The summed E-state index contributed by atoms with van der Waals surface area (Å²) in [4.78, 5) is 23.7. The van der Waals surface area contributed by atoms with Crippen molar-refractivity contribution < 1.29 is 19.2 Å². The standard InChI is InChI=1S/C19H22N2O4/c1-12-14(11-16(25-12)19(2,3)4)18(23)20-15-8-6-5-7-13(15)9-10-17(22)21-24/h5-11,24H,1-4H3,(H,20,23)(H,21,22)/b10-9+. The summed E-state index contributed by atoms with van der Waals surface area (Å²) < 4.78 is 5.71. The third-order valence-electron chi connectivity index (χ3n) is 3.64.